The minimum atomic E-state index is -1.02. The molecule has 0 atom stereocenters. The molecule has 0 aliphatic heterocycles. The van der Waals surface area contributed by atoms with Crippen molar-refractivity contribution in [3.05, 3.63) is 64.4 Å². The lowest BCUT2D eigenvalue weighted by atomic mass is 10.2. The number of carboxylic acids is 1. The van der Waals surface area contributed by atoms with Gasteiger partial charge in [0.2, 0.25) is 5.88 Å². The van der Waals surface area contributed by atoms with Crippen molar-refractivity contribution in [3.63, 3.8) is 0 Å². The van der Waals surface area contributed by atoms with Crippen LogP contribution in [0.1, 0.15) is 25.3 Å². The van der Waals surface area contributed by atoms with E-state index in [2.05, 4.69) is 16.9 Å². The molecule has 210 valence electrons. The molecule has 0 saturated heterocycles. The number of benzene rings is 2. The number of aliphatic carboxylic acids is 1. The van der Waals surface area contributed by atoms with Crippen molar-refractivity contribution in [2.75, 3.05) is 33.0 Å². The molecule has 0 radical (unpaired) electrons. The highest BCUT2D eigenvalue weighted by Gasteiger charge is 2.41. The normalized spacial score (nSPS) is 13.9. The maximum absolute atomic E-state index is 10.4. The van der Waals surface area contributed by atoms with E-state index in [9.17, 15) is 4.79 Å². The van der Waals surface area contributed by atoms with E-state index in [1.807, 2.05) is 41.0 Å². The first kappa shape index (κ1) is 28.1. The summed E-state index contributed by atoms with van der Waals surface area (Å²) in [7, 11) is 0. The van der Waals surface area contributed by atoms with Crippen LogP contribution in [-0.2, 0) is 20.8 Å². The van der Waals surface area contributed by atoms with Crippen molar-refractivity contribution >= 4 is 40.3 Å². The van der Waals surface area contributed by atoms with Crippen LogP contribution in [0.15, 0.2) is 48.8 Å². The average Bonchev–Trinajstić information content (AvgIpc) is 3.53. The second kappa shape index (κ2) is 12.4. The lowest BCUT2D eigenvalue weighted by Gasteiger charge is -2.12. The van der Waals surface area contributed by atoms with E-state index in [4.69, 9.17) is 52.2 Å². The van der Waals surface area contributed by atoms with Gasteiger partial charge < -0.3 is 28.6 Å². The molecular weight excluding hydrogens is 559 g/mol. The topological polar surface area (TPSA) is 118 Å². The SMILES string of the molecule is CC1(Oc2ncnc3c2nc(-c2ccc(OCCOCCOCC(=O)O)cc2Cl)n3Cc2cccc(Cl)c2)CC1. The van der Waals surface area contributed by atoms with Gasteiger partial charge >= 0.3 is 5.97 Å². The quantitative estimate of drug-likeness (QED) is 0.197. The highest BCUT2D eigenvalue weighted by atomic mass is 35.5. The predicted molar refractivity (Wildman–Crippen MR) is 149 cm³/mol. The average molecular weight is 587 g/mol. The van der Waals surface area contributed by atoms with Crippen molar-refractivity contribution in [1.82, 2.24) is 19.5 Å². The first-order valence-electron chi connectivity index (χ1n) is 12.8. The van der Waals surface area contributed by atoms with E-state index >= 15 is 0 Å². The summed E-state index contributed by atoms with van der Waals surface area (Å²) in [6, 6.07) is 13.0. The second-order valence-corrected chi connectivity index (χ2v) is 10.4. The highest BCUT2D eigenvalue weighted by Crippen LogP contribution is 2.41. The lowest BCUT2D eigenvalue weighted by molar-refractivity contribution is -0.142. The van der Waals surface area contributed by atoms with Gasteiger partial charge in [0.1, 0.15) is 36.7 Å². The number of carboxylic acid groups (broad SMARTS) is 1. The summed E-state index contributed by atoms with van der Waals surface area (Å²) in [6.07, 6.45) is 3.42. The van der Waals surface area contributed by atoms with Gasteiger partial charge in [-0.2, -0.15) is 4.98 Å². The Morgan fingerprint density at radius 2 is 1.85 bits per heavy atom. The van der Waals surface area contributed by atoms with Gasteiger partial charge in [-0.3, -0.25) is 0 Å². The number of rotatable bonds is 14. The zero-order valence-electron chi connectivity index (χ0n) is 21.8. The molecule has 1 aliphatic rings. The Balaban J connectivity index is 1.36. The van der Waals surface area contributed by atoms with Crippen LogP contribution in [0.5, 0.6) is 11.6 Å². The number of hydrogen-bond donors (Lipinski definition) is 1. The van der Waals surface area contributed by atoms with Gasteiger partial charge in [-0.25, -0.2) is 14.8 Å². The molecule has 1 fully saturated rings. The van der Waals surface area contributed by atoms with Gasteiger partial charge in [0, 0.05) is 10.6 Å². The molecule has 40 heavy (non-hydrogen) atoms. The summed E-state index contributed by atoms with van der Waals surface area (Å²) in [5.41, 5.74) is 2.64. The van der Waals surface area contributed by atoms with Crippen LogP contribution in [0.25, 0.3) is 22.6 Å². The number of aromatic nitrogens is 4. The molecule has 4 aromatic rings. The fraction of sp³-hybridized carbons (Fsp3) is 0.357. The molecule has 1 aliphatic carbocycles. The van der Waals surface area contributed by atoms with E-state index in [0.717, 1.165) is 18.4 Å². The minimum absolute atomic E-state index is 0.194. The molecule has 2 aromatic heterocycles. The molecular formula is C28H28Cl2N4O6. The molecule has 0 unspecified atom stereocenters. The summed E-state index contributed by atoms with van der Waals surface area (Å²) >= 11 is 13.0. The molecule has 0 spiro atoms. The second-order valence-electron chi connectivity index (χ2n) is 9.60. The fourth-order valence-electron chi connectivity index (χ4n) is 4.04. The van der Waals surface area contributed by atoms with E-state index < -0.39 is 5.97 Å². The molecule has 1 saturated carbocycles. The highest BCUT2D eigenvalue weighted by molar-refractivity contribution is 6.33. The number of hydrogen-bond acceptors (Lipinski definition) is 8. The molecule has 1 N–H and O–H groups in total. The largest absolute Gasteiger partial charge is 0.491 e. The third-order valence-corrected chi connectivity index (χ3v) is 6.85. The van der Waals surface area contributed by atoms with E-state index in [-0.39, 0.29) is 32.0 Å². The van der Waals surface area contributed by atoms with Crippen molar-refractivity contribution in [1.29, 1.82) is 0 Å². The summed E-state index contributed by atoms with van der Waals surface area (Å²) in [5, 5.41) is 9.65. The van der Waals surface area contributed by atoms with Gasteiger partial charge in [0.05, 0.1) is 31.4 Å². The maximum Gasteiger partial charge on any atom is 0.329 e. The van der Waals surface area contributed by atoms with Crippen molar-refractivity contribution in [2.45, 2.75) is 31.9 Å². The molecule has 0 bridgehead atoms. The summed E-state index contributed by atoms with van der Waals surface area (Å²) < 4.78 is 24.3. The van der Waals surface area contributed by atoms with E-state index in [1.54, 1.807) is 6.07 Å². The van der Waals surface area contributed by atoms with Gasteiger partial charge in [0.15, 0.2) is 11.2 Å². The number of nitrogens with zero attached hydrogens (tertiary/aromatic N) is 4. The lowest BCUT2D eigenvalue weighted by Crippen LogP contribution is -2.13. The van der Waals surface area contributed by atoms with Crippen LogP contribution in [0, 0.1) is 0 Å². The summed E-state index contributed by atoms with van der Waals surface area (Å²) in [6.45, 7) is 3.23. The molecule has 5 rings (SSSR count). The van der Waals surface area contributed by atoms with Gasteiger partial charge in [-0.05, 0) is 55.7 Å². The molecule has 12 heteroatoms. The van der Waals surface area contributed by atoms with Crippen LogP contribution in [0.4, 0.5) is 0 Å². The summed E-state index contributed by atoms with van der Waals surface area (Å²) in [4.78, 5) is 24.3. The first-order valence-corrected chi connectivity index (χ1v) is 13.5. The van der Waals surface area contributed by atoms with E-state index in [0.29, 0.717) is 57.4 Å². The molecule has 2 aromatic carbocycles. The Bertz CT molecular complexity index is 1510. The first-order chi connectivity index (χ1) is 19.3. The Kier molecular flexibility index (Phi) is 8.70. The van der Waals surface area contributed by atoms with Crippen LogP contribution in [-0.4, -0.2) is 69.2 Å². The van der Waals surface area contributed by atoms with Crippen LogP contribution in [0.3, 0.4) is 0 Å². The zero-order valence-corrected chi connectivity index (χ0v) is 23.3. The Labute approximate surface area is 240 Å². The third-order valence-electron chi connectivity index (χ3n) is 6.30. The smallest absolute Gasteiger partial charge is 0.329 e. The third kappa shape index (κ3) is 7.00. The number of ether oxygens (including phenoxy) is 4. The fourth-order valence-corrected chi connectivity index (χ4v) is 4.51. The monoisotopic (exact) mass is 586 g/mol. The van der Waals surface area contributed by atoms with Crippen molar-refractivity contribution in [2.24, 2.45) is 0 Å². The Morgan fingerprint density at radius 3 is 2.60 bits per heavy atom. The van der Waals surface area contributed by atoms with Gasteiger partial charge in [-0.15, -0.1) is 0 Å². The predicted octanol–water partition coefficient (Wildman–Crippen LogP) is 5.28. The Hall–Kier alpha value is -3.44. The summed E-state index contributed by atoms with van der Waals surface area (Å²) in [5.74, 6) is 0.614. The van der Waals surface area contributed by atoms with Gasteiger partial charge in [-0.1, -0.05) is 35.3 Å². The Morgan fingerprint density at radius 1 is 1.05 bits per heavy atom. The molecule has 10 nitrogen and oxygen atoms in total. The van der Waals surface area contributed by atoms with Crippen LogP contribution >= 0.6 is 23.2 Å². The van der Waals surface area contributed by atoms with E-state index in [1.165, 1.54) is 6.33 Å². The number of halogens is 2. The van der Waals surface area contributed by atoms with Crippen molar-refractivity contribution in [3.8, 4) is 23.0 Å². The zero-order chi connectivity index (χ0) is 28.1. The number of imidazole rings is 1. The minimum Gasteiger partial charge on any atom is -0.491 e. The molecule has 2 heterocycles. The van der Waals surface area contributed by atoms with Gasteiger partial charge in [0.25, 0.3) is 0 Å². The maximum atomic E-state index is 10.4. The molecule has 0 amide bonds. The number of carbonyl (C=O) groups is 1. The number of fused-ring (bicyclic) bond motifs is 1. The standard InChI is InChI=1S/C28H28Cl2N4O6/c1-28(7-8-28)40-27-24-26(31-17-32-27)34(15-18-3-2-4-19(29)13-18)25(33-24)21-6-5-20(14-22(21)30)39-12-11-37-9-10-38-16-23(35)36/h2-6,13-14,17H,7-12,15-16H2,1H3,(H,35,36). The van der Waals surface area contributed by atoms with Crippen molar-refractivity contribution < 1.29 is 28.8 Å². The van der Waals surface area contributed by atoms with Crippen LogP contribution < -0.4 is 9.47 Å². The van der Waals surface area contributed by atoms with Crippen LogP contribution in [0.2, 0.25) is 10.0 Å².